The van der Waals surface area contributed by atoms with Gasteiger partial charge in [0.15, 0.2) is 0 Å². The zero-order valence-corrected chi connectivity index (χ0v) is 16.6. The summed E-state index contributed by atoms with van der Waals surface area (Å²) in [4.78, 5) is 22.2. The van der Waals surface area contributed by atoms with Gasteiger partial charge in [0.05, 0.1) is 5.71 Å². The van der Waals surface area contributed by atoms with Crippen LogP contribution in [0.5, 0.6) is 0 Å². The molecule has 0 unspecified atom stereocenters. The van der Waals surface area contributed by atoms with E-state index in [0.717, 1.165) is 45.8 Å². The Balaban J connectivity index is 2.24. The SMILES string of the molecule is CN=C1CCN(C(C)=O)CC1=C(N)Cc1ccc(C(=NC)C(C)=CN)cc1. The Hall–Kier alpha value is -2.89. The molecule has 6 nitrogen and oxygen atoms in total. The molecule has 27 heavy (non-hydrogen) atoms. The smallest absolute Gasteiger partial charge is 0.219 e. The maximum Gasteiger partial charge on any atom is 0.219 e. The fourth-order valence-electron chi connectivity index (χ4n) is 3.27. The first-order valence-corrected chi connectivity index (χ1v) is 9.05. The van der Waals surface area contributed by atoms with Crippen molar-refractivity contribution in [1.82, 2.24) is 4.90 Å². The number of nitrogens with two attached hydrogens (primary N) is 2. The minimum atomic E-state index is 0.0644. The normalized spacial score (nSPS) is 19.4. The summed E-state index contributed by atoms with van der Waals surface area (Å²) < 4.78 is 0. The number of hydrogen-bond acceptors (Lipinski definition) is 5. The molecule has 0 saturated carbocycles. The van der Waals surface area contributed by atoms with Crippen molar-refractivity contribution in [2.45, 2.75) is 26.7 Å². The summed E-state index contributed by atoms with van der Waals surface area (Å²) in [7, 11) is 3.54. The molecule has 1 aromatic rings. The molecule has 0 bridgehead atoms. The Morgan fingerprint density at radius 1 is 1.22 bits per heavy atom. The zero-order valence-electron chi connectivity index (χ0n) is 16.6. The lowest BCUT2D eigenvalue weighted by atomic mass is 9.96. The number of benzene rings is 1. The predicted octanol–water partition coefficient (Wildman–Crippen LogP) is 2.05. The molecule has 2 rings (SSSR count). The van der Waals surface area contributed by atoms with Crippen molar-refractivity contribution in [3.8, 4) is 0 Å². The fourth-order valence-corrected chi connectivity index (χ4v) is 3.27. The first-order valence-electron chi connectivity index (χ1n) is 9.05. The van der Waals surface area contributed by atoms with Crippen molar-refractivity contribution < 1.29 is 4.79 Å². The van der Waals surface area contributed by atoms with E-state index in [9.17, 15) is 4.79 Å². The lowest BCUT2D eigenvalue weighted by Crippen LogP contribution is -2.40. The van der Waals surface area contributed by atoms with E-state index in [1.165, 1.54) is 0 Å². The average molecular weight is 367 g/mol. The van der Waals surface area contributed by atoms with E-state index in [1.807, 2.05) is 36.1 Å². The van der Waals surface area contributed by atoms with Crippen LogP contribution in [0.1, 0.15) is 31.4 Å². The molecule has 1 saturated heterocycles. The molecule has 0 aromatic heterocycles. The van der Waals surface area contributed by atoms with Crippen molar-refractivity contribution in [2.75, 3.05) is 27.2 Å². The van der Waals surface area contributed by atoms with Crippen LogP contribution in [0.3, 0.4) is 0 Å². The van der Waals surface area contributed by atoms with Crippen LogP contribution < -0.4 is 11.5 Å². The van der Waals surface area contributed by atoms with Gasteiger partial charge in [0.1, 0.15) is 0 Å². The van der Waals surface area contributed by atoms with Crippen LogP contribution in [-0.2, 0) is 11.2 Å². The Morgan fingerprint density at radius 2 is 1.89 bits per heavy atom. The van der Waals surface area contributed by atoms with Gasteiger partial charge in [-0.25, -0.2) is 0 Å². The molecule has 1 aliphatic rings. The number of carbonyl (C=O) groups is 1. The lowest BCUT2D eigenvalue weighted by molar-refractivity contribution is -0.128. The van der Waals surface area contributed by atoms with Crippen LogP contribution in [0.4, 0.5) is 0 Å². The molecule has 1 aliphatic heterocycles. The fraction of sp³-hybridized carbons (Fsp3) is 0.381. The summed E-state index contributed by atoms with van der Waals surface area (Å²) in [6.07, 6.45) is 2.92. The summed E-state index contributed by atoms with van der Waals surface area (Å²) in [5.41, 5.74) is 18.7. The number of aliphatic imine (C=N–C) groups is 2. The van der Waals surface area contributed by atoms with E-state index in [2.05, 4.69) is 9.98 Å². The largest absolute Gasteiger partial charge is 0.404 e. The van der Waals surface area contributed by atoms with Crippen molar-refractivity contribution in [3.63, 3.8) is 0 Å². The molecule has 1 heterocycles. The highest BCUT2D eigenvalue weighted by Gasteiger charge is 2.23. The number of nitrogens with zero attached hydrogens (tertiary/aromatic N) is 3. The van der Waals surface area contributed by atoms with Gasteiger partial charge >= 0.3 is 0 Å². The maximum absolute atomic E-state index is 11.7. The summed E-state index contributed by atoms with van der Waals surface area (Å²) in [5.74, 6) is 0.0644. The van der Waals surface area contributed by atoms with Gasteiger partial charge in [-0.15, -0.1) is 0 Å². The topological polar surface area (TPSA) is 97.1 Å². The third-order valence-electron chi connectivity index (χ3n) is 4.89. The van der Waals surface area contributed by atoms with Crippen molar-refractivity contribution in [2.24, 2.45) is 21.5 Å². The molecule has 6 heteroatoms. The minimum Gasteiger partial charge on any atom is -0.404 e. The maximum atomic E-state index is 11.7. The van der Waals surface area contributed by atoms with E-state index < -0.39 is 0 Å². The highest BCUT2D eigenvalue weighted by atomic mass is 16.2. The molecular weight excluding hydrogens is 338 g/mol. The molecule has 144 valence electrons. The molecular formula is C21H29N5O. The van der Waals surface area contributed by atoms with Gasteiger partial charge in [-0.2, -0.15) is 0 Å². The summed E-state index contributed by atoms with van der Waals surface area (Å²) >= 11 is 0. The second-order valence-corrected chi connectivity index (χ2v) is 6.66. The molecule has 1 fully saturated rings. The summed E-state index contributed by atoms with van der Waals surface area (Å²) in [6.45, 7) is 4.75. The first kappa shape index (κ1) is 20.4. The van der Waals surface area contributed by atoms with Gasteiger partial charge in [-0.05, 0) is 29.8 Å². The number of carbonyl (C=O) groups excluding carboxylic acids is 1. The average Bonchev–Trinajstić information content (AvgIpc) is 2.68. The third kappa shape index (κ3) is 4.84. The van der Waals surface area contributed by atoms with Crippen molar-refractivity contribution >= 4 is 17.3 Å². The summed E-state index contributed by atoms with van der Waals surface area (Å²) in [5, 5.41) is 0. The predicted molar refractivity (Wildman–Crippen MR) is 112 cm³/mol. The van der Waals surface area contributed by atoms with Gasteiger partial charge < -0.3 is 16.4 Å². The molecule has 0 aliphatic carbocycles. The van der Waals surface area contributed by atoms with Crippen LogP contribution in [-0.4, -0.2) is 49.4 Å². The van der Waals surface area contributed by atoms with Crippen molar-refractivity contribution in [3.05, 3.63) is 58.4 Å². The van der Waals surface area contributed by atoms with Gasteiger partial charge in [-0.3, -0.25) is 14.8 Å². The molecule has 0 spiro atoms. The monoisotopic (exact) mass is 367 g/mol. The second kappa shape index (κ2) is 9.16. The molecule has 4 N–H and O–H groups in total. The van der Waals surface area contributed by atoms with E-state index in [-0.39, 0.29) is 5.91 Å². The van der Waals surface area contributed by atoms with E-state index in [4.69, 9.17) is 11.5 Å². The Morgan fingerprint density at radius 3 is 2.41 bits per heavy atom. The van der Waals surface area contributed by atoms with E-state index in [0.29, 0.717) is 19.5 Å². The van der Waals surface area contributed by atoms with Crippen LogP contribution in [0.2, 0.25) is 0 Å². The summed E-state index contributed by atoms with van der Waals surface area (Å²) in [6, 6.07) is 8.15. The highest BCUT2D eigenvalue weighted by Crippen LogP contribution is 2.19. The van der Waals surface area contributed by atoms with Gasteiger partial charge in [0, 0.05) is 63.9 Å². The molecule has 1 amide bonds. The number of piperidine rings is 1. The Labute approximate surface area is 161 Å². The number of likely N-dealkylation sites (tertiary alicyclic amines) is 1. The van der Waals surface area contributed by atoms with E-state index >= 15 is 0 Å². The van der Waals surface area contributed by atoms with Crippen LogP contribution in [0.15, 0.2) is 57.3 Å². The van der Waals surface area contributed by atoms with Gasteiger partial charge in [-0.1, -0.05) is 24.3 Å². The molecule has 0 radical (unpaired) electrons. The zero-order chi connectivity index (χ0) is 20.0. The quantitative estimate of drug-likeness (QED) is 0.797. The van der Waals surface area contributed by atoms with Gasteiger partial charge in [0.2, 0.25) is 5.91 Å². The Kier molecular flexibility index (Phi) is 6.93. The number of allylic oxidation sites excluding steroid dienone is 2. The number of hydrogen-bond donors (Lipinski definition) is 2. The van der Waals surface area contributed by atoms with Crippen LogP contribution in [0.25, 0.3) is 0 Å². The van der Waals surface area contributed by atoms with E-state index in [1.54, 1.807) is 27.2 Å². The Bertz CT molecular complexity index is 815. The van der Waals surface area contributed by atoms with Crippen molar-refractivity contribution in [1.29, 1.82) is 0 Å². The number of rotatable bonds is 4. The molecule has 1 aromatic carbocycles. The second-order valence-electron chi connectivity index (χ2n) is 6.66. The lowest BCUT2D eigenvalue weighted by Gasteiger charge is -2.30. The standard InChI is InChI=1S/C21H29N5O/c1-14(12-22)21(25-4)17-7-5-16(6-8-17)11-19(23)18-13-26(15(2)27)10-9-20(18)24-3/h5-8,12H,9-11,13,22-23H2,1-4H3. The minimum absolute atomic E-state index is 0.0644. The van der Waals surface area contributed by atoms with Gasteiger partial charge in [0.25, 0.3) is 0 Å². The molecule has 0 atom stereocenters. The number of amides is 1. The third-order valence-corrected chi connectivity index (χ3v) is 4.89. The highest BCUT2D eigenvalue weighted by molar-refractivity contribution is 6.12. The first-order chi connectivity index (χ1) is 12.9. The van der Waals surface area contributed by atoms with Crippen LogP contribution >= 0.6 is 0 Å². The van der Waals surface area contributed by atoms with Crippen LogP contribution in [0, 0.1) is 0 Å².